The van der Waals surface area contributed by atoms with Gasteiger partial charge in [0.2, 0.25) is 11.8 Å². The van der Waals surface area contributed by atoms with Crippen molar-refractivity contribution < 1.29 is 22.6 Å². The van der Waals surface area contributed by atoms with Crippen molar-refractivity contribution in [1.29, 1.82) is 0 Å². The lowest BCUT2D eigenvalue weighted by molar-refractivity contribution is -0.140. The van der Waals surface area contributed by atoms with Crippen LogP contribution in [0, 0.1) is 0 Å². The first-order valence-electron chi connectivity index (χ1n) is 9.46. The zero-order valence-corrected chi connectivity index (χ0v) is 15.9. The van der Waals surface area contributed by atoms with E-state index in [0.29, 0.717) is 11.4 Å². The minimum atomic E-state index is -4.58. The number of alkyl halides is 3. The molecule has 152 valence electrons. The Kier molecular flexibility index (Phi) is 6.26. The Morgan fingerprint density at radius 2 is 1.82 bits per heavy atom. The predicted molar refractivity (Wildman–Crippen MR) is 100 cm³/mol. The number of rotatable bonds is 6. The molecule has 1 aliphatic carbocycles. The first kappa shape index (κ1) is 20.2. The lowest BCUT2D eigenvalue weighted by Crippen LogP contribution is -2.22. The fraction of sp³-hybridized carbons (Fsp3) is 0.500. The third-order valence-electron chi connectivity index (χ3n) is 4.39. The van der Waals surface area contributed by atoms with Crippen LogP contribution < -0.4 is 14.8 Å². The van der Waals surface area contributed by atoms with Crippen molar-refractivity contribution in [2.45, 2.75) is 64.3 Å². The Morgan fingerprint density at radius 3 is 2.50 bits per heavy atom. The molecule has 0 radical (unpaired) electrons. The van der Waals surface area contributed by atoms with E-state index in [9.17, 15) is 13.2 Å². The average Bonchev–Trinajstić information content (AvgIpc) is 2.63. The molecule has 0 bridgehead atoms. The molecule has 1 aromatic heterocycles. The third kappa shape index (κ3) is 5.27. The van der Waals surface area contributed by atoms with Gasteiger partial charge in [-0.1, -0.05) is 18.6 Å². The van der Waals surface area contributed by atoms with Crippen molar-refractivity contribution in [2.75, 3.05) is 5.32 Å². The number of nitrogens with one attached hydrogen (secondary N) is 1. The summed E-state index contributed by atoms with van der Waals surface area (Å²) in [7, 11) is 0. The highest BCUT2D eigenvalue weighted by Gasteiger charge is 2.37. The quantitative estimate of drug-likeness (QED) is 0.676. The van der Waals surface area contributed by atoms with E-state index < -0.39 is 17.6 Å². The van der Waals surface area contributed by atoms with Crippen LogP contribution in [-0.4, -0.2) is 22.2 Å². The molecule has 1 heterocycles. The molecule has 0 spiro atoms. The summed E-state index contributed by atoms with van der Waals surface area (Å²) in [5.41, 5.74) is -0.394. The molecule has 2 aromatic rings. The number of para-hydroxylation sites is 2. The highest BCUT2D eigenvalue weighted by Crippen LogP contribution is 2.37. The normalized spacial score (nSPS) is 15.5. The molecular formula is C20H24F3N3O2. The van der Waals surface area contributed by atoms with E-state index in [1.165, 1.54) is 0 Å². The maximum atomic E-state index is 13.4. The Hall–Kier alpha value is -2.51. The minimum absolute atomic E-state index is 0.0265. The number of hydrogen-bond donors (Lipinski definition) is 1. The van der Waals surface area contributed by atoms with E-state index in [2.05, 4.69) is 15.3 Å². The SMILES string of the molecule is CC(C)Oc1ccccc1Nc1ncc(C(F)(F)F)c(OC2CCCCC2)n1. The van der Waals surface area contributed by atoms with Crippen LogP contribution in [-0.2, 0) is 6.18 Å². The second-order valence-electron chi connectivity index (χ2n) is 7.08. The van der Waals surface area contributed by atoms with Gasteiger partial charge in [-0.2, -0.15) is 18.2 Å². The Labute approximate surface area is 162 Å². The second kappa shape index (κ2) is 8.67. The number of halogens is 3. The molecule has 3 rings (SSSR count). The molecule has 0 aliphatic heterocycles. The maximum Gasteiger partial charge on any atom is 0.423 e. The lowest BCUT2D eigenvalue weighted by Gasteiger charge is -2.24. The van der Waals surface area contributed by atoms with Crippen LogP contribution in [0.2, 0.25) is 0 Å². The van der Waals surface area contributed by atoms with Crippen LogP contribution in [0.15, 0.2) is 30.5 Å². The largest absolute Gasteiger partial charge is 0.489 e. The molecular weight excluding hydrogens is 371 g/mol. The molecule has 5 nitrogen and oxygen atoms in total. The van der Waals surface area contributed by atoms with Gasteiger partial charge >= 0.3 is 6.18 Å². The van der Waals surface area contributed by atoms with Gasteiger partial charge < -0.3 is 14.8 Å². The van der Waals surface area contributed by atoms with Crippen molar-refractivity contribution >= 4 is 11.6 Å². The van der Waals surface area contributed by atoms with Gasteiger partial charge in [-0.05, 0) is 51.7 Å². The summed E-state index contributed by atoms with van der Waals surface area (Å²) >= 11 is 0. The number of aromatic nitrogens is 2. The van der Waals surface area contributed by atoms with Crippen LogP contribution in [0.3, 0.4) is 0 Å². The van der Waals surface area contributed by atoms with E-state index >= 15 is 0 Å². The molecule has 0 saturated heterocycles. The van der Waals surface area contributed by atoms with Crippen LogP contribution in [0.25, 0.3) is 0 Å². The molecule has 1 aliphatic rings. The highest BCUT2D eigenvalue weighted by molar-refractivity contribution is 5.62. The molecule has 0 unspecified atom stereocenters. The van der Waals surface area contributed by atoms with Crippen LogP contribution >= 0.6 is 0 Å². The summed E-state index contributed by atoms with van der Waals surface area (Å²) in [5, 5.41) is 2.94. The number of anilines is 2. The molecule has 8 heteroatoms. The molecule has 1 saturated carbocycles. The van der Waals surface area contributed by atoms with Gasteiger partial charge in [0.15, 0.2) is 0 Å². The summed E-state index contributed by atoms with van der Waals surface area (Å²) in [5.74, 6) is 0.161. The van der Waals surface area contributed by atoms with Crippen LogP contribution in [0.5, 0.6) is 11.6 Å². The first-order chi connectivity index (χ1) is 13.3. The van der Waals surface area contributed by atoms with E-state index in [1.807, 2.05) is 19.9 Å². The number of hydrogen-bond acceptors (Lipinski definition) is 5. The fourth-order valence-corrected chi connectivity index (χ4v) is 3.10. The number of ether oxygens (including phenoxy) is 2. The Morgan fingerprint density at radius 1 is 1.11 bits per heavy atom. The smallest absolute Gasteiger partial charge is 0.423 e. The van der Waals surface area contributed by atoms with Crippen molar-refractivity contribution in [1.82, 2.24) is 9.97 Å². The standard InChI is InChI=1S/C20H24F3N3O2/c1-13(2)27-17-11-7-6-10-16(17)25-19-24-12-15(20(21,22)23)18(26-19)28-14-8-4-3-5-9-14/h6-7,10-14H,3-5,8-9H2,1-2H3,(H,24,25,26). The first-order valence-corrected chi connectivity index (χ1v) is 9.46. The topological polar surface area (TPSA) is 56.3 Å². The molecule has 1 fully saturated rings. The van der Waals surface area contributed by atoms with E-state index in [4.69, 9.17) is 9.47 Å². The Balaban J connectivity index is 1.87. The molecule has 0 atom stereocenters. The zero-order valence-electron chi connectivity index (χ0n) is 15.9. The van der Waals surface area contributed by atoms with E-state index in [0.717, 1.165) is 38.3 Å². The molecule has 1 N–H and O–H groups in total. The van der Waals surface area contributed by atoms with Crippen molar-refractivity contribution in [3.63, 3.8) is 0 Å². The van der Waals surface area contributed by atoms with Gasteiger partial charge in [-0.25, -0.2) is 4.98 Å². The minimum Gasteiger partial charge on any atom is -0.489 e. The Bertz CT molecular complexity index is 791. The van der Waals surface area contributed by atoms with Gasteiger partial charge in [0.05, 0.1) is 11.8 Å². The van der Waals surface area contributed by atoms with Crippen molar-refractivity contribution in [3.8, 4) is 11.6 Å². The second-order valence-corrected chi connectivity index (χ2v) is 7.08. The average molecular weight is 395 g/mol. The fourth-order valence-electron chi connectivity index (χ4n) is 3.10. The van der Waals surface area contributed by atoms with E-state index in [-0.39, 0.29) is 18.2 Å². The van der Waals surface area contributed by atoms with Gasteiger partial charge in [-0.3, -0.25) is 0 Å². The molecule has 0 amide bonds. The summed E-state index contributed by atoms with van der Waals surface area (Å²) in [4.78, 5) is 7.87. The van der Waals surface area contributed by atoms with E-state index in [1.54, 1.807) is 18.2 Å². The third-order valence-corrected chi connectivity index (χ3v) is 4.39. The summed E-state index contributed by atoms with van der Waals surface area (Å²) in [6.45, 7) is 3.78. The number of nitrogens with zero attached hydrogens (tertiary/aromatic N) is 2. The van der Waals surface area contributed by atoms with Crippen LogP contribution in [0.4, 0.5) is 24.8 Å². The van der Waals surface area contributed by atoms with Gasteiger partial charge in [-0.15, -0.1) is 0 Å². The lowest BCUT2D eigenvalue weighted by atomic mass is 9.98. The molecule has 28 heavy (non-hydrogen) atoms. The van der Waals surface area contributed by atoms with Crippen LogP contribution in [0.1, 0.15) is 51.5 Å². The summed E-state index contributed by atoms with van der Waals surface area (Å²) in [6.07, 6.45) is 0.306. The van der Waals surface area contributed by atoms with Gasteiger partial charge in [0, 0.05) is 6.20 Å². The van der Waals surface area contributed by atoms with Crippen molar-refractivity contribution in [3.05, 3.63) is 36.0 Å². The molecule has 1 aromatic carbocycles. The maximum absolute atomic E-state index is 13.4. The van der Waals surface area contributed by atoms with Gasteiger partial charge in [0.1, 0.15) is 17.4 Å². The monoisotopic (exact) mass is 395 g/mol. The summed E-state index contributed by atoms with van der Waals surface area (Å²) < 4.78 is 51.5. The number of benzene rings is 1. The van der Waals surface area contributed by atoms with Crippen molar-refractivity contribution in [2.24, 2.45) is 0 Å². The predicted octanol–water partition coefficient (Wildman–Crippen LogP) is 5.74. The zero-order chi connectivity index (χ0) is 20.1. The van der Waals surface area contributed by atoms with Gasteiger partial charge in [0.25, 0.3) is 0 Å². The highest BCUT2D eigenvalue weighted by atomic mass is 19.4. The summed E-state index contributed by atoms with van der Waals surface area (Å²) in [6, 6.07) is 7.12.